The molecule has 1 heterocycles. The van der Waals surface area contributed by atoms with Crippen LogP contribution in [0.3, 0.4) is 0 Å². The smallest absolute Gasteiger partial charge is 0.335 e. The second kappa shape index (κ2) is 21.4. The molecule has 0 unspecified atom stereocenters. The lowest BCUT2D eigenvalue weighted by molar-refractivity contribution is -0.138. The van der Waals surface area contributed by atoms with Gasteiger partial charge in [0.05, 0.1) is 17.9 Å². The molecule has 1 aliphatic rings. The van der Waals surface area contributed by atoms with Crippen molar-refractivity contribution in [2.45, 2.75) is 55.4 Å². The summed E-state index contributed by atoms with van der Waals surface area (Å²) in [5.74, 6) is -0.333. The lowest BCUT2D eigenvalue weighted by Gasteiger charge is -2.38. The highest BCUT2D eigenvalue weighted by Crippen LogP contribution is 2.25. The Hall–Kier alpha value is -2.86. The molecule has 0 aromatic rings. The van der Waals surface area contributed by atoms with Crippen molar-refractivity contribution in [1.29, 1.82) is 0 Å². The van der Waals surface area contributed by atoms with Crippen LogP contribution in [0.4, 0.5) is 0 Å². The average Bonchev–Trinajstić information content (AvgIpc) is 2.86. The van der Waals surface area contributed by atoms with Crippen molar-refractivity contribution in [3.8, 4) is 0 Å². The van der Waals surface area contributed by atoms with E-state index in [1.54, 1.807) is 24.8 Å². The third-order valence-corrected chi connectivity index (χ3v) is 5.17. The number of piperazine rings is 1. The number of likely N-dealkylation sites (N-methyl/N-ethyl adjacent to an activating group) is 1. The van der Waals surface area contributed by atoms with Crippen LogP contribution >= 0.6 is 0 Å². The van der Waals surface area contributed by atoms with Gasteiger partial charge in [-0.25, -0.2) is 4.79 Å². The van der Waals surface area contributed by atoms with Gasteiger partial charge in [-0.3, -0.25) is 4.79 Å². The van der Waals surface area contributed by atoms with Gasteiger partial charge in [0.2, 0.25) is 6.41 Å². The van der Waals surface area contributed by atoms with Gasteiger partial charge in [-0.15, -0.1) is 0 Å². The third-order valence-electron chi connectivity index (χ3n) is 5.17. The SMILES string of the molecule is C/C=C\C.C=C\C=C(C)/C=C(CN(C=O)CC(=C)C)/C(=C(\C)C(=O)OCC)N1CCN(C)CC1.CC. The van der Waals surface area contributed by atoms with Crippen LogP contribution < -0.4 is 0 Å². The van der Waals surface area contributed by atoms with Crippen molar-refractivity contribution in [1.82, 2.24) is 14.7 Å². The van der Waals surface area contributed by atoms with Crippen LogP contribution in [0, 0.1) is 0 Å². The summed E-state index contributed by atoms with van der Waals surface area (Å²) in [4.78, 5) is 30.6. The van der Waals surface area contributed by atoms with E-state index >= 15 is 0 Å². The molecule has 36 heavy (non-hydrogen) atoms. The summed E-state index contributed by atoms with van der Waals surface area (Å²) in [5.41, 5.74) is 4.18. The molecular weight excluding hydrogens is 450 g/mol. The zero-order chi connectivity index (χ0) is 28.1. The van der Waals surface area contributed by atoms with E-state index in [0.717, 1.165) is 55.0 Å². The first-order valence-electron chi connectivity index (χ1n) is 12.9. The predicted molar refractivity (Wildman–Crippen MR) is 155 cm³/mol. The Balaban J connectivity index is 0. The topological polar surface area (TPSA) is 53.1 Å². The maximum atomic E-state index is 12.7. The zero-order valence-electron chi connectivity index (χ0n) is 24.4. The number of amides is 1. The Morgan fingerprint density at radius 3 is 2.00 bits per heavy atom. The second-order valence-electron chi connectivity index (χ2n) is 8.43. The molecule has 204 valence electrons. The molecule has 6 nitrogen and oxygen atoms in total. The number of hydrogen-bond acceptors (Lipinski definition) is 5. The highest BCUT2D eigenvalue weighted by atomic mass is 16.5. The Labute approximate surface area is 221 Å². The number of nitrogens with zero attached hydrogens (tertiary/aromatic N) is 3. The first kappa shape index (κ1) is 35.3. The van der Waals surface area contributed by atoms with E-state index in [2.05, 4.69) is 30.0 Å². The zero-order valence-corrected chi connectivity index (χ0v) is 24.4. The fourth-order valence-electron chi connectivity index (χ4n) is 3.44. The molecule has 0 N–H and O–H groups in total. The van der Waals surface area contributed by atoms with Crippen LogP contribution in [0.5, 0.6) is 0 Å². The minimum Gasteiger partial charge on any atom is -0.463 e. The fraction of sp³-hybridized carbons (Fsp3) is 0.533. The number of ether oxygens (including phenoxy) is 1. The van der Waals surface area contributed by atoms with Gasteiger partial charge in [0, 0.05) is 39.3 Å². The average molecular weight is 502 g/mol. The van der Waals surface area contributed by atoms with Gasteiger partial charge in [-0.05, 0) is 54.2 Å². The highest BCUT2D eigenvalue weighted by molar-refractivity contribution is 5.89. The summed E-state index contributed by atoms with van der Waals surface area (Å²) < 4.78 is 5.31. The van der Waals surface area contributed by atoms with Gasteiger partial charge >= 0.3 is 5.97 Å². The first-order chi connectivity index (χ1) is 17.1. The monoisotopic (exact) mass is 501 g/mol. The predicted octanol–water partition coefficient (Wildman–Crippen LogP) is 5.77. The summed E-state index contributed by atoms with van der Waals surface area (Å²) in [6.45, 7) is 27.7. The quantitative estimate of drug-likeness (QED) is 0.118. The molecule has 0 aliphatic carbocycles. The van der Waals surface area contributed by atoms with Gasteiger partial charge in [-0.2, -0.15) is 0 Å². The van der Waals surface area contributed by atoms with E-state index in [-0.39, 0.29) is 5.97 Å². The normalized spacial score (nSPS) is 15.1. The number of carbonyl (C=O) groups is 2. The van der Waals surface area contributed by atoms with Gasteiger partial charge < -0.3 is 19.4 Å². The van der Waals surface area contributed by atoms with Crippen molar-refractivity contribution in [2.24, 2.45) is 0 Å². The van der Waals surface area contributed by atoms with E-state index in [0.29, 0.717) is 25.3 Å². The lowest BCUT2D eigenvalue weighted by Crippen LogP contribution is -2.45. The molecular formula is C30H51N3O3. The number of allylic oxidation sites excluding steroid dienone is 6. The maximum Gasteiger partial charge on any atom is 0.335 e. The van der Waals surface area contributed by atoms with Crippen LogP contribution in [0.15, 0.2) is 71.5 Å². The van der Waals surface area contributed by atoms with Gasteiger partial charge in [0.25, 0.3) is 0 Å². The Morgan fingerprint density at radius 2 is 1.58 bits per heavy atom. The summed E-state index contributed by atoms with van der Waals surface area (Å²) in [7, 11) is 2.09. The molecule has 1 aliphatic heterocycles. The summed E-state index contributed by atoms with van der Waals surface area (Å²) in [6, 6.07) is 0. The van der Waals surface area contributed by atoms with Crippen molar-refractivity contribution < 1.29 is 14.3 Å². The largest absolute Gasteiger partial charge is 0.463 e. The van der Waals surface area contributed by atoms with Gasteiger partial charge in [-0.1, -0.05) is 68.5 Å². The van der Waals surface area contributed by atoms with Crippen LogP contribution in [0.2, 0.25) is 0 Å². The minimum absolute atomic E-state index is 0.316. The molecule has 6 heteroatoms. The van der Waals surface area contributed by atoms with Crippen LogP contribution in [-0.2, 0) is 14.3 Å². The summed E-state index contributed by atoms with van der Waals surface area (Å²) >= 11 is 0. The molecule has 1 amide bonds. The van der Waals surface area contributed by atoms with Gasteiger partial charge in [0.15, 0.2) is 0 Å². The second-order valence-corrected chi connectivity index (χ2v) is 8.43. The van der Waals surface area contributed by atoms with Crippen LogP contribution in [0.1, 0.15) is 55.4 Å². The van der Waals surface area contributed by atoms with E-state index in [1.807, 2.05) is 65.8 Å². The third kappa shape index (κ3) is 14.5. The lowest BCUT2D eigenvalue weighted by atomic mass is 10.0. The summed E-state index contributed by atoms with van der Waals surface area (Å²) in [6.07, 6.45) is 10.5. The Bertz CT molecular complexity index is 794. The molecule has 0 aromatic heterocycles. The van der Waals surface area contributed by atoms with E-state index < -0.39 is 0 Å². The summed E-state index contributed by atoms with van der Waals surface area (Å²) in [5, 5.41) is 0. The van der Waals surface area contributed by atoms with E-state index in [9.17, 15) is 9.59 Å². The maximum absolute atomic E-state index is 12.7. The highest BCUT2D eigenvalue weighted by Gasteiger charge is 2.25. The first-order valence-corrected chi connectivity index (χ1v) is 12.9. The molecule has 0 spiro atoms. The number of esters is 1. The molecule has 0 aromatic carbocycles. The van der Waals surface area contributed by atoms with Gasteiger partial charge in [0.1, 0.15) is 0 Å². The standard InChI is InChI=1S/C24H37N3O3.C4H8.C2H6/c1-8-10-20(5)15-22(17-26(18-28)16-19(3)4)23(21(6)24(29)30-9-2)27-13-11-25(7)12-14-27;1-3-4-2;1-2/h8,10,15,18H,1,3,9,11-14,16-17H2,2,4-7H3;3-4H,1-2H3;1-2H3/b20-10-,22-15+,23-21-;4-3-;. The van der Waals surface area contributed by atoms with Crippen molar-refractivity contribution in [3.05, 3.63) is 71.5 Å². The molecule has 0 radical (unpaired) electrons. The minimum atomic E-state index is -0.333. The fourth-order valence-corrected chi connectivity index (χ4v) is 3.44. The number of rotatable bonds is 11. The Morgan fingerprint density at radius 1 is 1.03 bits per heavy atom. The molecule has 1 rings (SSSR count). The van der Waals surface area contributed by atoms with Crippen LogP contribution in [0.25, 0.3) is 0 Å². The van der Waals surface area contributed by atoms with E-state index in [1.165, 1.54) is 0 Å². The Kier molecular flexibility index (Phi) is 21.0. The number of carbonyl (C=O) groups excluding carboxylic acids is 2. The van der Waals surface area contributed by atoms with E-state index in [4.69, 9.17) is 4.74 Å². The molecule has 1 saturated heterocycles. The molecule has 0 atom stereocenters. The van der Waals surface area contributed by atoms with Crippen molar-refractivity contribution >= 4 is 12.4 Å². The van der Waals surface area contributed by atoms with Crippen molar-refractivity contribution in [3.63, 3.8) is 0 Å². The molecule has 0 saturated carbocycles. The molecule has 0 bridgehead atoms. The van der Waals surface area contributed by atoms with Crippen molar-refractivity contribution in [2.75, 3.05) is 52.9 Å². The van der Waals surface area contributed by atoms with Crippen LogP contribution in [-0.4, -0.2) is 80.0 Å². The molecule has 1 fully saturated rings. The number of hydrogen-bond donors (Lipinski definition) is 0.